The molecule has 1 fully saturated rings. The lowest BCUT2D eigenvalue weighted by Gasteiger charge is -2.10. The summed E-state index contributed by atoms with van der Waals surface area (Å²) in [5.74, 6) is -0.454. The van der Waals surface area contributed by atoms with Gasteiger partial charge in [-0.25, -0.2) is 4.39 Å². The van der Waals surface area contributed by atoms with Crippen LogP contribution < -0.4 is 5.32 Å². The van der Waals surface area contributed by atoms with Crippen molar-refractivity contribution in [3.63, 3.8) is 0 Å². The molecule has 1 aliphatic rings. The van der Waals surface area contributed by atoms with E-state index in [0.717, 1.165) is 25.2 Å². The Morgan fingerprint density at radius 3 is 3.06 bits per heavy atom. The predicted molar refractivity (Wildman–Crippen MR) is 57.2 cm³/mol. The highest BCUT2D eigenvalue weighted by molar-refractivity contribution is 5.33. The SMILES string of the molecule is N#Cc1ccc(CNC2CCOC2)cc1F. The van der Waals surface area contributed by atoms with Gasteiger partial charge < -0.3 is 10.1 Å². The zero-order chi connectivity index (χ0) is 11.4. The van der Waals surface area contributed by atoms with Crippen molar-refractivity contribution in [3.05, 3.63) is 35.1 Å². The fourth-order valence-electron chi connectivity index (χ4n) is 1.72. The molecule has 1 aromatic rings. The summed E-state index contributed by atoms with van der Waals surface area (Å²) >= 11 is 0. The maximum absolute atomic E-state index is 13.3. The molecule has 0 bridgehead atoms. The van der Waals surface area contributed by atoms with Gasteiger partial charge in [0, 0.05) is 19.2 Å². The molecule has 2 rings (SSSR count). The highest BCUT2D eigenvalue weighted by atomic mass is 19.1. The minimum Gasteiger partial charge on any atom is -0.380 e. The number of nitrogens with zero attached hydrogens (tertiary/aromatic N) is 1. The highest BCUT2D eigenvalue weighted by Gasteiger charge is 2.14. The third-order valence-corrected chi connectivity index (χ3v) is 2.68. The average Bonchev–Trinajstić information content (AvgIpc) is 2.79. The fourth-order valence-corrected chi connectivity index (χ4v) is 1.72. The number of nitriles is 1. The lowest BCUT2D eigenvalue weighted by atomic mass is 10.1. The van der Waals surface area contributed by atoms with Gasteiger partial charge in [-0.05, 0) is 24.1 Å². The first-order valence-electron chi connectivity index (χ1n) is 5.29. The second kappa shape index (κ2) is 5.06. The lowest BCUT2D eigenvalue weighted by Crippen LogP contribution is -2.28. The van der Waals surface area contributed by atoms with Gasteiger partial charge in [0.15, 0.2) is 0 Å². The first kappa shape index (κ1) is 11.1. The van der Waals surface area contributed by atoms with Crippen molar-refractivity contribution in [1.82, 2.24) is 5.32 Å². The zero-order valence-electron chi connectivity index (χ0n) is 8.87. The summed E-state index contributed by atoms with van der Waals surface area (Å²) in [7, 11) is 0. The summed E-state index contributed by atoms with van der Waals surface area (Å²) < 4.78 is 18.5. The van der Waals surface area contributed by atoms with E-state index in [-0.39, 0.29) is 5.56 Å². The molecule has 3 nitrogen and oxygen atoms in total. The Labute approximate surface area is 93.8 Å². The van der Waals surface area contributed by atoms with Crippen LogP contribution in [0.4, 0.5) is 4.39 Å². The molecule has 84 valence electrons. The van der Waals surface area contributed by atoms with Gasteiger partial charge in [-0.3, -0.25) is 0 Å². The van der Waals surface area contributed by atoms with Gasteiger partial charge in [0.05, 0.1) is 12.2 Å². The van der Waals surface area contributed by atoms with Gasteiger partial charge >= 0.3 is 0 Å². The number of hydrogen-bond acceptors (Lipinski definition) is 3. The molecular formula is C12H13FN2O. The van der Waals surface area contributed by atoms with Crippen molar-refractivity contribution < 1.29 is 9.13 Å². The van der Waals surface area contributed by atoms with Crippen molar-refractivity contribution in [2.24, 2.45) is 0 Å². The van der Waals surface area contributed by atoms with Crippen LogP contribution in [0.25, 0.3) is 0 Å². The summed E-state index contributed by atoms with van der Waals surface area (Å²) in [5.41, 5.74) is 0.941. The van der Waals surface area contributed by atoms with Gasteiger partial charge in [-0.15, -0.1) is 0 Å². The van der Waals surface area contributed by atoms with Gasteiger partial charge in [-0.1, -0.05) is 6.07 Å². The van der Waals surface area contributed by atoms with E-state index in [2.05, 4.69) is 5.32 Å². The van der Waals surface area contributed by atoms with Gasteiger partial charge in [-0.2, -0.15) is 5.26 Å². The Morgan fingerprint density at radius 2 is 2.44 bits per heavy atom. The van der Waals surface area contributed by atoms with Crippen LogP contribution >= 0.6 is 0 Å². The van der Waals surface area contributed by atoms with E-state index < -0.39 is 5.82 Å². The van der Waals surface area contributed by atoms with Crippen LogP contribution in [0.3, 0.4) is 0 Å². The van der Waals surface area contributed by atoms with E-state index in [1.807, 2.05) is 0 Å². The topological polar surface area (TPSA) is 45.0 Å². The van der Waals surface area contributed by atoms with Gasteiger partial charge in [0.1, 0.15) is 11.9 Å². The second-order valence-electron chi connectivity index (χ2n) is 3.87. The smallest absolute Gasteiger partial charge is 0.141 e. The van der Waals surface area contributed by atoms with Crippen LogP contribution in [0, 0.1) is 17.1 Å². The maximum atomic E-state index is 13.3. The molecule has 4 heteroatoms. The molecule has 16 heavy (non-hydrogen) atoms. The summed E-state index contributed by atoms with van der Waals surface area (Å²) in [5, 5.41) is 11.9. The summed E-state index contributed by atoms with van der Waals surface area (Å²) in [6.45, 7) is 2.12. The summed E-state index contributed by atoms with van der Waals surface area (Å²) in [4.78, 5) is 0. The standard InChI is InChI=1S/C12H13FN2O/c13-12-5-9(1-2-10(12)6-14)7-15-11-3-4-16-8-11/h1-2,5,11,15H,3-4,7-8H2. The Kier molecular flexibility index (Phi) is 3.50. The summed E-state index contributed by atoms with van der Waals surface area (Å²) in [6.07, 6.45) is 0.999. The normalized spacial score (nSPS) is 19.6. The van der Waals surface area contributed by atoms with E-state index in [1.165, 1.54) is 12.1 Å². The molecule has 1 atom stereocenters. The molecule has 0 saturated carbocycles. The number of rotatable bonds is 3. The zero-order valence-corrected chi connectivity index (χ0v) is 8.87. The van der Waals surface area contributed by atoms with Crippen LogP contribution in [0.2, 0.25) is 0 Å². The molecular weight excluding hydrogens is 207 g/mol. The molecule has 0 aliphatic carbocycles. The quantitative estimate of drug-likeness (QED) is 0.841. The van der Waals surface area contributed by atoms with E-state index in [0.29, 0.717) is 12.6 Å². The Balaban J connectivity index is 1.94. The van der Waals surface area contributed by atoms with Gasteiger partial charge in [0.2, 0.25) is 0 Å². The molecule has 0 radical (unpaired) electrons. The van der Waals surface area contributed by atoms with Crippen LogP contribution in [-0.4, -0.2) is 19.3 Å². The number of nitrogens with one attached hydrogen (secondary N) is 1. The first-order chi connectivity index (χ1) is 7.79. The monoisotopic (exact) mass is 220 g/mol. The Bertz CT molecular complexity index is 408. The predicted octanol–water partition coefficient (Wildman–Crippen LogP) is 1.58. The molecule has 1 heterocycles. The van der Waals surface area contributed by atoms with E-state index in [9.17, 15) is 4.39 Å². The van der Waals surface area contributed by atoms with Crippen LogP contribution in [-0.2, 0) is 11.3 Å². The summed E-state index contributed by atoms with van der Waals surface area (Å²) in [6, 6.07) is 6.85. The second-order valence-corrected chi connectivity index (χ2v) is 3.87. The molecule has 1 N–H and O–H groups in total. The van der Waals surface area contributed by atoms with Crippen molar-refractivity contribution in [2.75, 3.05) is 13.2 Å². The molecule has 1 saturated heterocycles. The van der Waals surface area contributed by atoms with E-state index in [1.54, 1.807) is 12.1 Å². The number of ether oxygens (including phenoxy) is 1. The number of benzene rings is 1. The minimum absolute atomic E-state index is 0.0907. The van der Waals surface area contributed by atoms with E-state index in [4.69, 9.17) is 10.00 Å². The maximum Gasteiger partial charge on any atom is 0.141 e. The lowest BCUT2D eigenvalue weighted by molar-refractivity contribution is 0.190. The molecule has 0 spiro atoms. The molecule has 1 aliphatic heterocycles. The largest absolute Gasteiger partial charge is 0.380 e. The first-order valence-corrected chi connectivity index (χ1v) is 5.29. The highest BCUT2D eigenvalue weighted by Crippen LogP contribution is 2.10. The van der Waals surface area contributed by atoms with Gasteiger partial charge in [0.25, 0.3) is 0 Å². The minimum atomic E-state index is -0.454. The number of halogens is 1. The fraction of sp³-hybridized carbons (Fsp3) is 0.417. The molecule has 0 amide bonds. The molecule has 0 aromatic heterocycles. The van der Waals surface area contributed by atoms with Crippen molar-refractivity contribution in [3.8, 4) is 6.07 Å². The molecule has 1 aromatic carbocycles. The van der Waals surface area contributed by atoms with Crippen LogP contribution in [0.1, 0.15) is 17.5 Å². The van der Waals surface area contributed by atoms with Crippen LogP contribution in [0.5, 0.6) is 0 Å². The number of hydrogen-bond donors (Lipinski definition) is 1. The third-order valence-electron chi connectivity index (χ3n) is 2.68. The molecule has 1 unspecified atom stereocenters. The van der Waals surface area contributed by atoms with Crippen molar-refractivity contribution in [2.45, 2.75) is 19.0 Å². The van der Waals surface area contributed by atoms with Crippen molar-refractivity contribution >= 4 is 0 Å². The average molecular weight is 220 g/mol. The Morgan fingerprint density at radius 1 is 1.56 bits per heavy atom. The van der Waals surface area contributed by atoms with Crippen molar-refractivity contribution in [1.29, 1.82) is 5.26 Å². The van der Waals surface area contributed by atoms with E-state index >= 15 is 0 Å². The Hall–Kier alpha value is -1.44. The third kappa shape index (κ3) is 2.57. The van der Waals surface area contributed by atoms with Crippen LogP contribution in [0.15, 0.2) is 18.2 Å².